The van der Waals surface area contributed by atoms with Gasteiger partial charge in [-0.05, 0) is 29.7 Å². The Kier molecular flexibility index (Phi) is 4.32. The van der Waals surface area contributed by atoms with E-state index in [1.165, 1.54) is 12.1 Å². The lowest BCUT2D eigenvalue weighted by Crippen LogP contribution is -2.06. The van der Waals surface area contributed by atoms with E-state index in [1.807, 2.05) is 19.1 Å². The van der Waals surface area contributed by atoms with Gasteiger partial charge in [0.05, 0.1) is 6.10 Å². The molecule has 2 aromatic rings. The van der Waals surface area contributed by atoms with Crippen LogP contribution >= 0.6 is 15.9 Å². The topological polar surface area (TPSA) is 20.2 Å². The summed E-state index contributed by atoms with van der Waals surface area (Å²) in [4.78, 5) is 0. The van der Waals surface area contributed by atoms with Gasteiger partial charge in [0.2, 0.25) is 0 Å². The summed E-state index contributed by atoms with van der Waals surface area (Å²) in [6.45, 7) is 1.91. The SMILES string of the molecule is Cc1cccc(C(O)Cc2cccc(F)c2F)c1Br. The Morgan fingerprint density at radius 3 is 2.58 bits per heavy atom. The first kappa shape index (κ1) is 14.2. The van der Waals surface area contributed by atoms with E-state index in [2.05, 4.69) is 15.9 Å². The number of rotatable bonds is 3. The summed E-state index contributed by atoms with van der Waals surface area (Å²) in [5.74, 6) is -1.79. The molecule has 0 spiro atoms. The van der Waals surface area contributed by atoms with Crippen molar-refractivity contribution in [1.82, 2.24) is 0 Å². The zero-order valence-corrected chi connectivity index (χ0v) is 11.9. The number of aryl methyl sites for hydroxylation is 1. The van der Waals surface area contributed by atoms with Gasteiger partial charge in [-0.15, -0.1) is 0 Å². The zero-order chi connectivity index (χ0) is 14.0. The fourth-order valence-corrected chi connectivity index (χ4v) is 2.48. The van der Waals surface area contributed by atoms with Crippen molar-refractivity contribution in [3.05, 3.63) is 69.2 Å². The number of aliphatic hydroxyl groups is 1. The van der Waals surface area contributed by atoms with Crippen LogP contribution in [0.25, 0.3) is 0 Å². The maximum atomic E-state index is 13.6. The van der Waals surface area contributed by atoms with Crippen LogP contribution in [-0.2, 0) is 6.42 Å². The second kappa shape index (κ2) is 5.80. The molecule has 0 aromatic heterocycles. The highest BCUT2D eigenvalue weighted by atomic mass is 79.9. The van der Waals surface area contributed by atoms with Crippen LogP contribution < -0.4 is 0 Å². The lowest BCUT2D eigenvalue weighted by Gasteiger charge is -2.15. The first-order chi connectivity index (χ1) is 9.00. The first-order valence-electron chi connectivity index (χ1n) is 5.86. The normalized spacial score (nSPS) is 12.5. The summed E-state index contributed by atoms with van der Waals surface area (Å²) in [6.07, 6.45) is -0.850. The van der Waals surface area contributed by atoms with Crippen LogP contribution in [0.3, 0.4) is 0 Å². The Balaban J connectivity index is 2.28. The molecule has 100 valence electrons. The Hall–Kier alpha value is -1.26. The third-order valence-electron chi connectivity index (χ3n) is 3.03. The summed E-state index contributed by atoms with van der Waals surface area (Å²) in [7, 11) is 0. The van der Waals surface area contributed by atoms with Crippen LogP contribution in [0.15, 0.2) is 40.9 Å². The average molecular weight is 327 g/mol. The Morgan fingerprint density at radius 2 is 1.84 bits per heavy atom. The quantitative estimate of drug-likeness (QED) is 0.891. The van der Waals surface area contributed by atoms with Crippen molar-refractivity contribution in [3.63, 3.8) is 0 Å². The van der Waals surface area contributed by atoms with Crippen molar-refractivity contribution >= 4 is 15.9 Å². The third-order valence-corrected chi connectivity index (χ3v) is 4.11. The van der Waals surface area contributed by atoms with Gasteiger partial charge in [-0.3, -0.25) is 0 Å². The Labute approximate surface area is 119 Å². The van der Waals surface area contributed by atoms with E-state index >= 15 is 0 Å². The van der Waals surface area contributed by atoms with Crippen LogP contribution in [0.5, 0.6) is 0 Å². The molecular weight excluding hydrogens is 314 g/mol. The molecule has 0 radical (unpaired) electrons. The highest BCUT2D eigenvalue weighted by molar-refractivity contribution is 9.10. The molecule has 1 nitrogen and oxygen atoms in total. The molecular formula is C15H13BrF2O. The van der Waals surface area contributed by atoms with Crippen molar-refractivity contribution < 1.29 is 13.9 Å². The van der Waals surface area contributed by atoms with E-state index < -0.39 is 17.7 Å². The summed E-state index contributed by atoms with van der Waals surface area (Å²) in [5, 5.41) is 10.2. The molecule has 1 N–H and O–H groups in total. The second-order valence-electron chi connectivity index (χ2n) is 4.41. The highest BCUT2D eigenvalue weighted by Gasteiger charge is 2.16. The molecule has 0 saturated heterocycles. The van der Waals surface area contributed by atoms with Crippen LogP contribution in [0.2, 0.25) is 0 Å². The van der Waals surface area contributed by atoms with E-state index in [0.717, 1.165) is 16.1 Å². The predicted molar refractivity (Wildman–Crippen MR) is 73.9 cm³/mol. The van der Waals surface area contributed by atoms with Gasteiger partial charge < -0.3 is 5.11 Å². The molecule has 2 rings (SSSR count). The second-order valence-corrected chi connectivity index (χ2v) is 5.20. The average Bonchev–Trinajstić information content (AvgIpc) is 2.38. The minimum atomic E-state index is -0.898. The number of benzene rings is 2. The van der Waals surface area contributed by atoms with E-state index in [0.29, 0.717) is 5.56 Å². The van der Waals surface area contributed by atoms with Gasteiger partial charge >= 0.3 is 0 Å². The molecule has 1 unspecified atom stereocenters. The summed E-state index contributed by atoms with van der Waals surface area (Å²) in [5.41, 5.74) is 1.82. The minimum Gasteiger partial charge on any atom is -0.388 e. The first-order valence-corrected chi connectivity index (χ1v) is 6.66. The lowest BCUT2D eigenvalue weighted by atomic mass is 9.99. The van der Waals surface area contributed by atoms with Crippen LogP contribution in [0.1, 0.15) is 22.8 Å². The molecule has 4 heteroatoms. The summed E-state index contributed by atoms with van der Waals surface area (Å²) >= 11 is 3.40. The molecule has 0 saturated carbocycles. The number of hydrogen-bond donors (Lipinski definition) is 1. The third kappa shape index (κ3) is 3.01. The van der Waals surface area contributed by atoms with Crippen LogP contribution in [0, 0.1) is 18.6 Å². The van der Waals surface area contributed by atoms with Gasteiger partial charge in [-0.25, -0.2) is 8.78 Å². The number of halogens is 3. The van der Waals surface area contributed by atoms with Gasteiger partial charge in [-0.1, -0.05) is 46.3 Å². The number of hydrogen-bond acceptors (Lipinski definition) is 1. The van der Waals surface area contributed by atoms with Gasteiger partial charge in [0.25, 0.3) is 0 Å². The molecule has 0 bridgehead atoms. The highest BCUT2D eigenvalue weighted by Crippen LogP contribution is 2.29. The molecule has 0 aliphatic rings. The molecule has 1 atom stereocenters. The van der Waals surface area contributed by atoms with Crippen molar-refractivity contribution in [2.75, 3.05) is 0 Å². The summed E-state index contributed by atoms with van der Waals surface area (Å²) < 4.78 is 27.5. The monoisotopic (exact) mass is 326 g/mol. The van der Waals surface area contributed by atoms with Gasteiger partial charge in [0.15, 0.2) is 11.6 Å². The van der Waals surface area contributed by atoms with Gasteiger partial charge in [0, 0.05) is 10.9 Å². The fourth-order valence-electron chi connectivity index (χ4n) is 1.95. The zero-order valence-electron chi connectivity index (χ0n) is 10.3. The number of aliphatic hydroxyl groups excluding tert-OH is 1. The molecule has 0 amide bonds. The maximum absolute atomic E-state index is 13.6. The molecule has 0 aliphatic heterocycles. The van der Waals surface area contributed by atoms with E-state index in [9.17, 15) is 13.9 Å². The smallest absolute Gasteiger partial charge is 0.162 e. The maximum Gasteiger partial charge on any atom is 0.162 e. The van der Waals surface area contributed by atoms with Crippen molar-refractivity contribution in [2.24, 2.45) is 0 Å². The standard InChI is InChI=1S/C15H13BrF2O/c1-9-4-2-6-11(14(9)16)13(19)8-10-5-3-7-12(17)15(10)18/h2-7,13,19H,8H2,1H3. The van der Waals surface area contributed by atoms with E-state index in [1.54, 1.807) is 6.07 Å². The molecule has 19 heavy (non-hydrogen) atoms. The molecule has 0 heterocycles. The fraction of sp³-hybridized carbons (Fsp3) is 0.200. The van der Waals surface area contributed by atoms with E-state index in [-0.39, 0.29) is 12.0 Å². The Morgan fingerprint density at radius 1 is 1.16 bits per heavy atom. The predicted octanol–water partition coefficient (Wildman–Crippen LogP) is 4.31. The van der Waals surface area contributed by atoms with E-state index in [4.69, 9.17) is 0 Å². The van der Waals surface area contributed by atoms with Crippen LogP contribution in [-0.4, -0.2) is 5.11 Å². The van der Waals surface area contributed by atoms with Gasteiger partial charge in [0.1, 0.15) is 0 Å². The summed E-state index contributed by atoms with van der Waals surface area (Å²) in [6, 6.07) is 9.47. The van der Waals surface area contributed by atoms with Crippen molar-refractivity contribution in [2.45, 2.75) is 19.4 Å². The van der Waals surface area contributed by atoms with Gasteiger partial charge in [-0.2, -0.15) is 0 Å². The van der Waals surface area contributed by atoms with Crippen LogP contribution in [0.4, 0.5) is 8.78 Å². The molecule has 0 aliphatic carbocycles. The molecule has 0 fully saturated rings. The lowest BCUT2D eigenvalue weighted by molar-refractivity contribution is 0.176. The largest absolute Gasteiger partial charge is 0.388 e. The molecule has 2 aromatic carbocycles. The van der Waals surface area contributed by atoms with Crippen molar-refractivity contribution in [3.8, 4) is 0 Å². The van der Waals surface area contributed by atoms with Crippen molar-refractivity contribution in [1.29, 1.82) is 0 Å². The minimum absolute atomic E-state index is 0.0334. The Bertz CT molecular complexity index is 599.